The molecule has 0 aliphatic heterocycles. The molecule has 2 aliphatic carbocycles. The van der Waals surface area contributed by atoms with Gasteiger partial charge in [-0.3, -0.25) is 4.99 Å². The van der Waals surface area contributed by atoms with Crippen molar-refractivity contribution in [3.8, 4) is 44.5 Å². The first-order valence-electron chi connectivity index (χ1n) is 25.1. The van der Waals surface area contributed by atoms with Crippen molar-refractivity contribution in [1.82, 2.24) is 0 Å². The second-order valence-electron chi connectivity index (χ2n) is 19.9. The van der Waals surface area contributed by atoms with Crippen LogP contribution in [0.5, 0.6) is 0 Å². The van der Waals surface area contributed by atoms with Gasteiger partial charge in [-0.05, 0) is 117 Å². The van der Waals surface area contributed by atoms with Crippen LogP contribution in [0.15, 0.2) is 260 Å². The fraction of sp³-hybridized carbons (Fsp3) is 0.0714. The number of benzene rings is 11. The average Bonchev–Trinajstić information content (AvgIpc) is 3.88. The van der Waals surface area contributed by atoms with Crippen molar-refractivity contribution in [2.24, 2.45) is 10.7 Å². The lowest BCUT2D eigenvalue weighted by atomic mass is 9.67. The van der Waals surface area contributed by atoms with Gasteiger partial charge in [0.2, 0.25) is 0 Å². The number of nitrogens with two attached hydrogens (primary N) is 1. The standard InChI is InChI=1S/C70H52N2/c1-69(2)61-41-38-50(43-60(61)67-54-26-13-12-21-48(54)37-42-63(67)69)47-33-35-49(36-34-47)53-39-40-57(56-28-15-14-27-55(53)56)65(71)44-66(72-45-46-19-6-3-7-20-46)59-30-18-32-64-68(59)58-29-16-17-31-62(58)70(64,51-22-8-4-9-23-51)52-24-10-5-11-25-52/h3-44H,45,71H2,1-2H3/b65-44-,72-66?. The van der Waals surface area contributed by atoms with Gasteiger partial charge in [-0.25, -0.2) is 0 Å². The highest BCUT2D eigenvalue weighted by Gasteiger charge is 2.47. The van der Waals surface area contributed by atoms with Gasteiger partial charge >= 0.3 is 0 Å². The van der Waals surface area contributed by atoms with E-state index in [0.717, 1.165) is 38.7 Å². The molecule has 0 bridgehead atoms. The van der Waals surface area contributed by atoms with Crippen LogP contribution in [-0.2, 0) is 17.4 Å². The summed E-state index contributed by atoms with van der Waals surface area (Å²) in [4.78, 5) is 5.46. The maximum absolute atomic E-state index is 7.41. The fourth-order valence-corrected chi connectivity index (χ4v) is 12.2. The van der Waals surface area contributed by atoms with E-state index in [1.165, 1.54) is 83.1 Å². The quantitative estimate of drug-likeness (QED) is 0.144. The molecule has 2 N–H and O–H groups in total. The van der Waals surface area contributed by atoms with E-state index in [4.69, 9.17) is 10.7 Å². The van der Waals surface area contributed by atoms with Crippen molar-refractivity contribution >= 4 is 33.0 Å². The molecule has 2 nitrogen and oxygen atoms in total. The fourth-order valence-electron chi connectivity index (χ4n) is 12.2. The summed E-state index contributed by atoms with van der Waals surface area (Å²) in [5, 5.41) is 4.84. The molecule has 0 atom stereocenters. The molecule has 342 valence electrons. The Hall–Kier alpha value is -8.85. The van der Waals surface area contributed by atoms with E-state index < -0.39 is 5.41 Å². The Kier molecular flexibility index (Phi) is 10.3. The van der Waals surface area contributed by atoms with Gasteiger partial charge in [0.15, 0.2) is 0 Å². The van der Waals surface area contributed by atoms with Gasteiger partial charge < -0.3 is 5.73 Å². The lowest BCUT2D eigenvalue weighted by molar-refractivity contribution is 0.661. The molecule has 0 saturated carbocycles. The van der Waals surface area contributed by atoms with Gasteiger partial charge in [-0.15, -0.1) is 0 Å². The smallest absolute Gasteiger partial charge is 0.0713 e. The molecule has 0 fully saturated rings. The van der Waals surface area contributed by atoms with Gasteiger partial charge in [-0.1, -0.05) is 257 Å². The van der Waals surface area contributed by atoms with E-state index in [-0.39, 0.29) is 5.41 Å². The normalized spacial score (nSPS) is 14.2. The minimum Gasteiger partial charge on any atom is -0.398 e. The molecule has 72 heavy (non-hydrogen) atoms. The minimum atomic E-state index is -0.533. The summed E-state index contributed by atoms with van der Waals surface area (Å²) in [7, 11) is 0. The molecule has 11 aromatic carbocycles. The molecular weight excluding hydrogens is 869 g/mol. The summed E-state index contributed by atoms with van der Waals surface area (Å²) in [6.07, 6.45) is 2.11. The SMILES string of the molecule is CC1(C)c2ccc(-c3ccc(-c4ccc(/C(N)=C/C(=NCc5ccccc5)c5cccc6c5-c5ccccc5C6(c5ccccc5)c5ccccc5)c5ccccc45)cc3)cc2-c2c1ccc1ccccc21. The molecule has 0 aromatic heterocycles. The number of hydrogen-bond acceptors (Lipinski definition) is 2. The van der Waals surface area contributed by atoms with Crippen molar-refractivity contribution in [1.29, 1.82) is 0 Å². The van der Waals surface area contributed by atoms with Crippen LogP contribution >= 0.6 is 0 Å². The monoisotopic (exact) mass is 920 g/mol. The van der Waals surface area contributed by atoms with Crippen LogP contribution in [0.1, 0.15) is 63.9 Å². The second-order valence-corrected chi connectivity index (χ2v) is 19.9. The molecule has 0 amide bonds. The van der Waals surface area contributed by atoms with Gasteiger partial charge in [-0.2, -0.15) is 0 Å². The van der Waals surface area contributed by atoms with Crippen molar-refractivity contribution < 1.29 is 0 Å². The summed E-state index contributed by atoms with van der Waals surface area (Å²) in [5.74, 6) is 0. The number of aliphatic imine (C=N–C) groups is 1. The Morgan fingerprint density at radius 2 is 1.01 bits per heavy atom. The van der Waals surface area contributed by atoms with Crippen LogP contribution < -0.4 is 5.73 Å². The number of hydrogen-bond donors (Lipinski definition) is 1. The molecule has 0 spiro atoms. The molecule has 2 heteroatoms. The summed E-state index contributed by atoms with van der Waals surface area (Å²) in [5.41, 5.74) is 29.0. The maximum Gasteiger partial charge on any atom is 0.0713 e. The molecule has 13 rings (SSSR count). The third kappa shape index (κ3) is 6.82. The van der Waals surface area contributed by atoms with Crippen molar-refractivity contribution in [2.45, 2.75) is 31.2 Å². The number of allylic oxidation sites excluding steroid dienone is 1. The Labute approximate surface area is 422 Å². The number of fused-ring (bicyclic) bond motifs is 9. The van der Waals surface area contributed by atoms with E-state index in [1.54, 1.807) is 0 Å². The van der Waals surface area contributed by atoms with Crippen LogP contribution in [0.4, 0.5) is 0 Å². The Morgan fingerprint density at radius 1 is 0.417 bits per heavy atom. The number of rotatable bonds is 9. The number of nitrogens with zero attached hydrogens (tertiary/aromatic N) is 1. The van der Waals surface area contributed by atoms with Gasteiger partial charge in [0.25, 0.3) is 0 Å². The van der Waals surface area contributed by atoms with Crippen molar-refractivity contribution in [3.63, 3.8) is 0 Å². The third-order valence-corrected chi connectivity index (χ3v) is 15.7. The predicted molar refractivity (Wildman–Crippen MR) is 302 cm³/mol. The second kappa shape index (κ2) is 17.2. The molecule has 0 heterocycles. The molecule has 0 unspecified atom stereocenters. The topological polar surface area (TPSA) is 38.4 Å². The summed E-state index contributed by atoms with van der Waals surface area (Å²) >= 11 is 0. The van der Waals surface area contributed by atoms with Crippen LogP contribution in [0.25, 0.3) is 71.7 Å². The highest BCUT2D eigenvalue weighted by molar-refractivity contribution is 6.18. The minimum absolute atomic E-state index is 0.0641. The molecule has 0 saturated heterocycles. The molecule has 11 aromatic rings. The zero-order chi connectivity index (χ0) is 48.4. The van der Waals surface area contributed by atoms with Crippen LogP contribution in [0, 0.1) is 0 Å². The largest absolute Gasteiger partial charge is 0.398 e. The Morgan fingerprint density at radius 3 is 1.76 bits per heavy atom. The molecule has 2 aliphatic rings. The summed E-state index contributed by atoms with van der Waals surface area (Å²) < 4.78 is 0. The summed E-state index contributed by atoms with van der Waals surface area (Å²) in [6.45, 7) is 5.22. The third-order valence-electron chi connectivity index (χ3n) is 15.7. The van der Waals surface area contributed by atoms with E-state index >= 15 is 0 Å². The van der Waals surface area contributed by atoms with Crippen molar-refractivity contribution in [3.05, 3.63) is 305 Å². The van der Waals surface area contributed by atoms with Crippen molar-refractivity contribution in [2.75, 3.05) is 0 Å². The van der Waals surface area contributed by atoms with E-state index in [0.29, 0.717) is 12.2 Å². The first-order chi connectivity index (χ1) is 35.4. The predicted octanol–water partition coefficient (Wildman–Crippen LogP) is 17.0. The molecule has 0 radical (unpaired) electrons. The van der Waals surface area contributed by atoms with E-state index in [1.807, 2.05) is 0 Å². The highest BCUT2D eigenvalue weighted by atomic mass is 14.7. The van der Waals surface area contributed by atoms with Crippen LogP contribution in [0.3, 0.4) is 0 Å². The lowest BCUT2D eigenvalue weighted by Crippen LogP contribution is -2.28. The molecular formula is C70H52N2. The Bertz CT molecular complexity index is 3920. The van der Waals surface area contributed by atoms with Crippen LogP contribution in [0.2, 0.25) is 0 Å². The zero-order valence-corrected chi connectivity index (χ0v) is 40.5. The first-order valence-corrected chi connectivity index (χ1v) is 25.1. The van der Waals surface area contributed by atoms with Gasteiger partial charge in [0, 0.05) is 22.2 Å². The van der Waals surface area contributed by atoms with E-state index in [2.05, 4.69) is 269 Å². The van der Waals surface area contributed by atoms with Crippen LogP contribution in [-0.4, -0.2) is 5.71 Å². The highest BCUT2D eigenvalue weighted by Crippen LogP contribution is 2.57. The van der Waals surface area contributed by atoms with E-state index in [9.17, 15) is 0 Å². The Balaban J connectivity index is 0.905. The average molecular weight is 921 g/mol. The zero-order valence-electron chi connectivity index (χ0n) is 40.5. The van der Waals surface area contributed by atoms with Gasteiger partial charge in [0.05, 0.1) is 17.7 Å². The first kappa shape index (κ1) is 43.2. The van der Waals surface area contributed by atoms with Gasteiger partial charge in [0.1, 0.15) is 0 Å². The summed E-state index contributed by atoms with van der Waals surface area (Å²) in [6, 6.07) is 90.6. The maximum atomic E-state index is 7.41. The lowest BCUT2D eigenvalue weighted by Gasteiger charge is -2.34.